The maximum Gasteiger partial charge on any atom is 0.325 e. The zero-order chi connectivity index (χ0) is 25.3. The van der Waals surface area contributed by atoms with Gasteiger partial charge in [0.1, 0.15) is 5.54 Å². The summed E-state index contributed by atoms with van der Waals surface area (Å²) >= 11 is 0. The fourth-order valence-electron chi connectivity index (χ4n) is 6.00. The van der Waals surface area contributed by atoms with Crippen molar-refractivity contribution < 1.29 is 19.5 Å². The molecule has 4 heterocycles. The van der Waals surface area contributed by atoms with E-state index in [1.54, 1.807) is 30.5 Å². The van der Waals surface area contributed by atoms with Gasteiger partial charge in [-0.1, -0.05) is 12.8 Å². The number of amides is 4. The van der Waals surface area contributed by atoms with Crippen LogP contribution >= 0.6 is 0 Å². The van der Waals surface area contributed by atoms with Crippen LogP contribution in [0.3, 0.4) is 0 Å². The molecule has 0 bridgehead atoms. The van der Waals surface area contributed by atoms with Crippen molar-refractivity contribution in [3.63, 3.8) is 0 Å². The zero-order valence-corrected chi connectivity index (χ0v) is 20.8. The van der Waals surface area contributed by atoms with Crippen LogP contribution in [0.1, 0.15) is 51.4 Å². The Hall–Kier alpha value is -3.27. The van der Waals surface area contributed by atoms with E-state index in [0.29, 0.717) is 32.2 Å². The molecule has 2 aromatic rings. The fourth-order valence-corrected chi connectivity index (χ4v) is 6.00. The second-order valence-electron chi connectivity index (χ2n) is 10.5. The lowest BCUT2D eigenvalue weighted by molar-refractivity contribution is -0.135. The Labute approximate surface area is 210 Å². The molecular formula is C26H34N6O4. The first-order chi connectivity index (χ1) is 17.3. The Morgan fingerprint density at radius 2 is 1.97 bits per heavy atom. The summed E-state index contributed by atoms with van der Waals surface area (Å²) in [5.41, 5.74) is 0.0753. The first-order valence-electron chi connectivity index (χ1n) is 12.8. The van der Waals surface area contributed by atoms with Crippen LogP contribution in [0.5, 0.6) is 0 Å². The first kappa shape index (κ1) is 24.4. The summed E-state index contributed by atoms with van der Waals surface area (Å²) in [6.07, 6.45) is 10.6. The molecule has 2 aliphatic heterocycles. The number of β-amino-alcohol motifs (C(OH)–C–C–N with tert-alkyl or cyclic N) is 1. The van der Waals surface area contributed by atoms with Gasteiger partial charge in [0.25, 0.3) is 5.91 Å². The average molecular weight is 495 g/mol. The van der Waals surface area contributed by atoms with Crippen molar-refractivity contribution in [3.05, 3.63) is 30.7 Å². The molecule has 1 atom stereocenters. The number of pyridine rings is 2. The summed E-state index contributed by atoms with van der Waals surface area (Å²) in [7, 11) is 1.70. The molecule has 10 heteroatoms. The van der Waals surface area contributed by atoms with Gasteiger partial charge in [0.05, 0.1) is 17.7 Å². The number of hydrogen-bond donors (Lipinski definition) is 2. The number of rotatable bonds is 7. The van der Waals surface area contributed by atoms with Gasteiger partial charge in [0.2, 0.25) is 5.91 Å². The average Bonchev–Trinajstić information content (AvgIpc) is 3.43. The number of imide groups is 1. The van der Waals surface area contributed by atoms with Gasteiger partial charge in [-0.2, -0.15) is 0 Å². The molecule has 3 fully saturated rings. The number of hydrogen-bond acceptors (Lipinski definition) is 7. The third-order valence-electron chi connectivity index (χ3n) is 7.85. The third kappa shape index (κ3) is 4.61. The fraction of sp³-hybridized carbons (Fsp3) is 0.577. The van der Waals surface area contributed by atoms with Gasteiger partial charge < -0.3 is 20.2 Å². The van der Waals surface area contributed by atoms with Gasteiger partial charge in [-0.3, -0.25) is 24.5 Å². The van der Waals surface area contributed by atoms with E-state index in [4.69, 9.17) is 0 Å². The van der Waals surface area contributed by atoms with E-state index in [1.165, 1.54) is 4.90 Å². The molecule has 5 rings (SSSR count). The lowest BCUT2D eigenvalue weighted by Gasteiger charge is -2.42. The quantitative estimate of drug-likeness (QED) is 0.566. The number of likely N-dealkylation sites (N-methyl/N-ethyl adjacent to an activating group) is 1. The monoisotopic (exact) mass is 494 g/mol. The largest absolute Gasteiger partial charge is 0.386 e. The number of urea groups is 1. The highest BCUT2D eigenvalue weighted by molar-refractivity contribution is 6.07. The Morgan fingerprint density at radius 3 is 2.78 bits per heavy atom. The molecule has 192 valence electrons. The van der Waals surface area contributed by atoms with Crippen molar-refractivity contribution in [1.82, 2.24) is 25.1 Å². The summed E-state index contributed by atoms with van der Waals surface area (Å²) < 4.78 is 0. The van der Waals surface area contributed by atoms with Crippen molar-refractivity contribution in [2.75, 3.05) is 38.1 Å². The number of carbonyl (C=O) groups is 3. The minimum atomic E-state index is -1.04. The van der Waals surface area contributed by atoms with Crippen LogP contribution in [0.4, 0.5) is 10.5 Å². The van der Waals surface area contributed by atoms with E-state index in [2.05, 4.69) is 20.2 Å². The normalized spacial score (nSPS) is 23.5. The molecule has 4 amide bonds. The van der Waals surface area contributed by atoms with Gasteiger partial charge in [-0.05, 0) is 44.2 Å². The number of fused-ring (bicyclic) bond motifs is 1. The molecule has 0 aromatic carbocycles. The van der Waals surface area contributed by atoms with E-state index in [9.17, 15) is 19.5 Å². The molecular weight excluding hydrogens is 460 g/mol. The van der Waals surface area contributed by atoms with Crippen molar-refractivity contribution in [2.24, 2.45) is 0 Å². The highest BCUT2D eigenvalue weighted by atomic mass is 16.3. The van der Waals surface area contributed by atoms with E-state index >= 15 is 0 Å². The molecule has 1 aliphatic carbocycles. The smallest absolute Gasteiger partial charge is 0.325 e. The second kappa shape index (κ2) is 9.65. The number of aliphatic hydroxyl groups is 1. The summed E-state index contributed by atoms with van der Waals surface area (Å²) in [6.45, 7) is 1.66. The molecule has 36 heavy (non-hydrogen) atoms. The summed E-state index contributed by atoms with van der Waals surface area (Å²) in [5.74, 6) is -0.261. The van der Waals surface area contributed by atoms with Gasteiger partial charge >= 0.3 is 6.03 Å². The topological polar surface area (TPSA) is 119 Å². The highest BCUT2D eigenvalue weighted by Crippen LogP contribution is 2.35. The number of aromatic nitrogens is 2. The molecule has 3 aliphatic rings. The van der Waals surface area contributed by atoms with E-state index in [0.717, 1.165) is 42.4 Å². The Bertz CT molecular complexity index is 1160. The molecule has 1 saturated carbocycles. The van der Waals surface area contributed by atoms with Crippen molar-refractivity contribution in [1.29, 1.82) is 0 Å². The van der Waals surface area contributed by atoms with E-state index in [-0.39, 0.29) is 37.4 Å². The first-order valence-corrected chi connectivity index (χ1v) is 12.8. The lowest BCUT2D eigenvalue weighted by atomic mass is 9.91. The third-order valence-corrected chi connectivity index (χ3v) is 7.85. The molecule has 2 saturated heterocycles. The Kier molecular flexibility index (Phi) is 6.55. The summed E-state index contributed by atoms with van der Waals surface area (Å²) in [6, 6.07) is 3.46. The molecule has 2 aromatic heterocycles. The van der Waals surface area contributed by atoms with Crippen LogP contribution < -0.4 is 10.2 Å². The second-order valence-corrected chi connectivity index (χ2v) is 10.5. The molecule has 0 radical (unpaired) electrons. The Morgan fingerprint density at radius 1 is 1.17 bits per heavy atom. The van der Waals surface area contributed by atoms with Crippen LogP contribution in [0, 0.1) is 0 Å². The molecule has 10 nitrogen and oxygen atoms in total. The van der Waals surface area contributed by atoms with Crippen LogP contribution in [-0.2, 0) is 9.59 Å². The van der Waals surface area contributed by atoms with Gasteiger partial charge in [-0.25, -0.2) is 4.79 Å². The maximum atomic E-state index is 12.9. The zero-order valence-electron chi connectivity index (χ0n) is 20.8. The van der Waals surface area contributed by atoms with Crippen LogP contribution in [0.15, 0.2) is 30.7 Å². The predicted molar refractivity (Wildman–Crippen MR) is 134 cm³/mol. The van der Waals surface area contributed by atoms with Gasteiger partial charge in [0, 0.05) is 62.8 Å². The number of piperidine rings is 1. The van der Waals surface area contributed by atoms with E-state index < -0.39 is 11.1 Å². The number of nitrogens with one attached hydrogen (secondary N) is 1. The highest BCUT2D eigenvalue weighted by Gasteiger charge is 2.52. The maximum absolute atomic E-state index is 12.9. The SMILES string of the molecule is CN(C[C@]1(O)CCCN(c2ccnc3ccncc23)C1)C(=O)CCCN1C(=O)NC2(CCCC2)C1=O. The van der Waals surface area contributed by atoms with Gasteiger partial charge in [-0.15, -0.1) is 0 Å². The minimum absolute atomic E-state index is 0.109. The molecule has 2 N–H and O–H groups in total. The number of carbonyl (C=O) groups excluding carboxylic acids is 3. The number of nitrogens with zero attached hydrogens (tertiary/aromatic N) is 5. The van der Waals surface area contributed by atoms with E-state index in [1.807, 2.05) is 12.1 Å². The van der Waals surface area contributed by atoms with Crippen LogP contribution in [0.25, 0.3) is 10.9 Å². The lowest BCUT2D eigenvalue weighted by Crippen LogP contribution is -2.54. The summed E-state index contributed by atoms with van der Waals surface area (Å²) in [4.78, 5) is 51.6. The minimum Gasteiger partial charge on any atom is -0.386 e. The Balaban J connectivity index is 1.15. The van der Waals surface area contributed by atoms with Crippen molar-refractivity contribution in [2.45, 2.75) is 62.5 Å². The predicted octanol–water partition coefficient (Wildman–Crippen LogP) is 2.06. The standard InChI is InChI=1S/C26H34N6O4/c1-30(22(33)6-4-15-32-23(34)26(29-24(32)35)10-2-3-11-26)17-25(36)9-5-14-31(18-25)21-8-13-28-20-7-12-27-16-19(20)21/h7-8,12-13,16,36H,2-6,9-11,14-15,17-18H2,1H3,(H,29,35)/t25-/m1/s1. The molecule has 0 unspecified atom stereocenters. The van der Waals surface area contributed by atoms with Crippen LogP contribution in [0.2, 0.25) is 0 Å². The molecule has 1 spiro atoms. The number of anilines is 1. The van der Waals surface area contributed by atoms with Crippen LogP contribution in [-0.4, -0.2) is 87.1 Å². The van der Waals surface area contributed by atoms with Crippen molar-refractivity contribution >= 4 is 34.4 Å². The van der Waals surface area contributed by atoms with Gasteiger partial charge in [0.15, 0.2) is 0 Å². The van der Waals surface area contributed by atoms with Crippen molar-refractivity contribution in [3.8, 4) is 0 Å². The summed E-state index contributed by atoms with van der Waals surface area (Å²) in [5, 5.41) is 15.2.